The molecule has 0 saturated carbocycles. The van der Waals surface area contributed by atoms with Crippen LogP contribution in [0.4, 0.5) is 0 Å². The molecule has 1 rings (SSSR count). The smallest absolute Gasteiger partial charge is 0.294 e. The molecule has 0 fully saturated rings. The Morgan fingerprint density at radius 1 is 1.40 bits per heavy atom. The first-order chi connectivity index (χ1) is 6.95. The van der Waals surface area contributed by atoms with E-state index in [4.69, 9.17) is 9.29 Å². The highest BCUT2D eigenvalue weighted by Crippen LogP contribution is 2.17. The van der Waals surface area contributed by atoms with Gasteiger partial charge in [0.2, 0.25) is 0 Å². The molecule has 15 heavy (non-hydrogen) atoms. The zero-order valence-electron chi connectivity index (χ0n) is 8.73. The quantitative estimate of drug-likeness (QED) is 0.795. The molecule has 0 heterocycles. The molecular formula is C10H14O4S. The number of rotatable bonds is 4. The summed E-state index contributed by atoms with van der Waals surface area (Å²) in [5.74, 6) is 0. The van der Waals surface area contributed by atoms with Crippen molar-refractivity contribution in [1.29, 1.82) is 0 Å². The molecule has 0 aliphatic rings. The van der Waals surface area contributed by atoms with Crippen molar-refractivity contribution in [3.8, 4) is 0 Å². The maximum Gasteiger partial charge on any atom is 0.294 e. The van der Waals surface area contributed by atoms with Gasteiger partial charge in [-0.2, -0.15) is 8.42 Å². The van der Waals surface area contributed by atoms with E-state index in [1.165, 1.54) is 6.07 Å². The van der Waals surface area contributed by atoms with Crippen LogP contribution in [0.3, 0.4) is 0 Å². The summed E-state index contributed by atoms with van der Waals surface area (Å²) in [7, 11) is -2.54. The number of benzene rings is 1. The van der Waals surface area contributed by atoms with Gasteiger partial charge in [-0.3, -0.25) is 4.55 Å². The lowest BCUT2D eigenvalue weighted by Crippen LogP contribution is -2.03. The SMILES string of the molecule is COCCc1ccc(C)c(S(=O)(=O)O)c1. The molecule has 0 aliphatic heterocycles. The minimum absolute atomic E-state index is 0.0314. The molecule has 84 valence electrons. The van der Waals surface area contributed by atoms with E-state index in [2.05, 4.69) is 0 Å². The fourth-order valence-electron chi connectivity index (χ4n) is 1.30. The minimum Gasteiger partial charge on any atom is -0.384 e. The normalized spacial score (nSPS) is 11.7. The van der Waals surface area contributed by atoms with Crippen molar-refractivity contribution in [2.75, 3.05) is 13.7 Å². The topological polar surface area (TPSA) is 63.6 Å². The van der Waals surface area contributed by atoms with Crippen LogP contribution < -0.4 is 0 Å². The Morgan fingerprint density at radius 3 is 2.60 bits per heavy atom. The molecule has 0 aromatic heterocycles. The standard InChI is InChI=1S/C10H14O4S/c1-8-3-4-9(5-6-14-2)7-10(8)15(11,12)13/h3-4,7H,5-6H2,1-2H3,(H,11,12,13). The molecule has 0 aliphatic carbocycles. The Balaban J connectivity index is 3.06. The fraction of sp³-hybridized carbons (Fsp3) is 0.400. The van der Waals surface area contributed by atoms with E-state index >= 15 is 0 Å². The molecule has 5 heteroatoms. The van der Waals surface area contributed by atoms with Crippen LogP contribution in [0.2, 0.25) is 0 Å². The monoisotopic (exact) mass is 230 g/mol. The van der Waals surface area contributed by atoms with E-state index in [0.29, 0.717) is 18.6 Å². The Kier molecular flexibility index (Phi) is 3.84. The van der Waals surface area contributed by atoms with Crippen LogP contribution in [-0.2, 0) is 21.3 Å². The molecule has 4 nitrogen and oxygen atoms in total. The van der Waals surface area contributed by atoms with Gasteiger partial charge in [0, 0.05) is 7.11 Å². The number of methoxy groups -OCH3 is 1. The van der Waals surface area contributed by atoms with E-state index in [-0.39, 0.29) is 4.90 Å². The molecule has 1 aromatic carbocycles. The molecule has 1 N–H and O–H groups in total. The summed E-state index contributed by atoms with van der Waals surface area (Å²) in [6, 6.07) is 4.97. The molecular weight excluding hydrogens is 216 g/mol. The van der Waals surface area contributed by atoms with Crippen LogP contribution in [0.15, 0.2) is 23.1 Å². The Hall–Kier alpha value is -0.910. The van der Waals surface area contributed by atoms with E-state index in [1.54, 1.807) is 20.1 Å². The van der Waals surface area contributed by atoms with Gasteiger partial charge >= 0.3 is 0 Å². The predicted molar refractivity (Wildman–Crippen MR) is 56.6 cm³/mol. The number of hydrogen-bond acceptors (Lipinski definition) is 3. The van der Waals surface area contributed by atoms with Gasteiger partial charge in [0.05, 0.1) is 11.5 Å². The van der Waals surface area contributed by atoms with Crippen LogP contribution >= 0.6 is 0 Å². The Morgan fingerprint density at radius 2 is 2.07 bits per heavy atom. The first-order valence-electron chi connectivity index (χ1n) is 4.51. The highest BCUT2D eigenvalue weighted by Gasteiger charge is 2.13. The maximum absolute atomic E-state index is 11.0. The predicted octanol–water partition coefficient (Wildman–Crippen LogP) is 1.43. The Bertz CT molecular complexity index is 437. The van der Waals surface area contributed by atoms with Crippen molar-refractivity contribution in [3.05, 3.63) is 29.3 Å². The molecule has 0 unspecified atom stereocenters. The van der Waals surface area contributed by atoms with E-state index < -0.39 is 10.1 Å². The van der Waals surface area contributed by atoms with Gasteiger partial charge in [0.1, 0.15) is 0 Å². The van der Waals surface area contributed by atoms with Crippen molar-refractivity contribution in [2.45, 2.75) is 18.2 Å². The first kappa shape index (κ1) is 12.2. The summed E-state index contributed by atoms with van der Waals surface area (Å²) in [5, 5.41) is 0. The average molecular weight is 230 g/mol. The van der Waals surface area contributed by atoms with Crippen LogP contribution in [-0.4, -0.2) is 26.7 Å². The third-order valence-corrected chi connectivity index (χ3v) is 3.12. The van der Waals surface area contributed by atoms with Crippen molar-refractivity contribution < 1.29 is 17.7 Å². The molecule has 1 aromatic rings. The van der Waals surface area contributed by atoms with E-state index in [9.17, 15) is 8.42 Å². The summed E-state index contributed by atoms with van der Waals surface area (Å²) < 4.78 is 35.9. The largest absolute Gasteiger partial charge is 0.384 e. The van der Waals surface area contributed by atoms with E-state index in [1.807, 2.05) is 6.07 Å². The average Bonchev–Trinajstić information content (AvgIpc) is 2.15. The summed E-state index contributed by atoms with van der Waals surface area (Å²) >= 11 is 0. The van der Waals surface area contributed by atoms with Gasteiger partial charge in [-0.15, -0.1) is 0 Å². The van der Waals surface area contributed by atoms with Crippen LogP contribution in [0.1, 0.15) is 11.1 Å². The van der Waals surface area contributed by atoms with Gasteiger partial charge in [-0.1, -0.05) is 12.1 Å². The third-order valence-electron chi connectivity index (χ3n) is 2.13. The first-order valence-corrected chi connectivity index (χ1v) is 5.95. The number of ether oxygens (including phenoxy) is 1. The maximum atomic E-state index is 11.0. The third kappa shape index (κ3) is 3.30. The highest BCUT2D eigenvalue weighted by atomic mass is 32.2. The van der Waals surface area contributed by atoms with Crippen LogP contribution in [0.25, 0.3) is 0 Å². The lowest BCUT2D eigenvalue weighted by molar-refractivity contribution is 0.202. The summed E-state index contributed by atoms with van der Waals surface area (Å²) in [6.07, 6.45) is 0.624. The highest BCUT2D eigenvalue weighted by molar-refractivity contribution is 7.85. The summed E-state index contributed by atoms with van der Waals surface area (Å²) in [6.45, 7) is 2.16. The molecule has 0 radical (unpaired) electrons. The summed E-state index contributed by atoms with van der Waals surface area (Å²) in [4.78, 5) is -0.0314. The van der Waals surface area contributed by atoms with Gasteiger partial charge in [0.25, 0.3) is 10.1 Å². The second-order valence-corrected chi connectivity index (χ2v) is 4.71. The Labute approximate surface area is 89.6 Å². The lowest BCUT2D eigenvalue weighted by Gasteiger charge is -2.05. The number of hydrogen-bond donors (Lipinski definition) is 1. The second-order valence-electron chi connectivity index (χ2n) is 3.32. The lowest BCUT2D eigenvalue weighted by atomic mass is 10.1. The van der Waals surface area contributed by atoms with Gasteiger partial charge in [-0.25, -0.2) is 0 Å². The van der Waals surface area contributed by atoms with Crippen LogP contribution in [0, 0.1) is 6.92 Å². The molecule has 0 amide bonds. The second kappa shape index (κ2) is 4.74. The molecule has 0 saturated heterocycles. The van der Waals surface area contributed by atoms with Gasteiger partial charge in [0.15, 0.2) is 0 Å². The summed E-state index contributed by atoms with van der Waals surface area (Å²) in [5.41, 5.74) is 1.37. The van der Waals surface area contributed by atoms with E-state index in [0.717, 1.165) is 5.56 Å². The fourth-order valence-corrected chi connectivity index (χ4v) is 2.07. The van der Waals surface area contributed by atoms with Crippen molar-refractivity contribution in [3.63, 3.8) is 0 Å². The van der Waals surface area contributed by atoms with Crippen molar-refractivity contribution >= 4 is 10.1 Å². The minimum atomic E-state index is -4.12. The van der Waals surface area contributed by atoms with Gasteiger partial charge in [-0.05, 0) is 30.5 Å². The molecule has 0 spiro atoms. The zero-order valence-corrected chi connectivity index (χ0v) is 9.54. The van der Waals surface area contributed by atoms with Crippen molar-refractivity contribution in [2.24, 2.45) is 0 Å². The van der Waals surface area contributed by atoms with Crippen LogP contribution in [0.5, 0.6) is 0 Å². The molecule has 0 atom stereocenters. The number of aryl methyl sites for hydroxylation is 1. The zero-order chi connectivity index (χ0) is 11.5. The van der Waals surface area contributed by atoms with Crippen molar-refractivity contribution in [1.82, 2.24) is 0 Å². The van der Waals surface area contributed by atoms with Gasteiger partial charge < -0.3 is 4.74 Å². The molecule has 0 bridgehead atoms.